The van der Waals surface area contributed by atoms with E-state index in [1.54, 1.807) is 41.2 Å². The molecule has 0 bridgehead atoms. The molecule has 10 nitrogen and oxygen atoms in total. The van der Waals surface area contributed by atoms with E-state index in [1.807, 2.05) is 6.92 Å². The Morgan fingerprint density at radius 3 is 2.14 bits per heavy atom. The lowest BCUT2D eigenvalue weighted by atomic mass is 10.2. The van der Waals surface area contributed by atoms with Crippen LogP contribution in [0.4, 0.5) is 11.4 Å². The molecule has 0 unspecified atom stereocenters. The highest BCUT2D eigenvalue weighted by Gasteiger charge is 2.21. The highest BCUT2D eigenvalue weighted by atomic mass is 16.4. The van der Waals surface area contributed by atoms with Crippen LogP contribution in [0.15, 0.2) is 42.7 Å². The molecule has 1 aromatic carbocycles. The Morgan fingerprint density at radius 1 is 1.00 bits per heavy atom. The van der Waals surface area contributed by atoms with E-state index in [9.17, 15) is 14.4 Å². The minimum absolute atomic E-state index is 0.0427. The Balaban J connectivity index is 1.66. The number of amides is 2. The third-order valence-corrected chi connectivity index (χ3v) is 3.87. The predicted molar refractivity (Wildman–Crippen MR) is 100 cm³/mol. The Labute approximate surface area is 159 Å². The van der Waals surface area contributed by atoms with Gasteiger partial charge in [0.2, 0.25) is 0 Å². The van der Waals surface area contributed by atoms with Crippen LogP contribution in [-0.4, -0.2) is 42.5 Å². The van der Waals surface area contributed by atoms with Crippen LogP contribution in [0, 0.1) is 0 Å². The van der Waals surface area contributed by atoms with Crippen molar-refractivity contribution < 1.29 is 19.5 Å². The van der Waals surface area contributed by atoms with E-state index in [0.29, 0.717) is 23.6 Å². The topological polar surface area (TPSA) is 131 Å². The lowest BCUT2D eigenvalue weighted by Gasteiger charge is -2.07. The summed E-state index contributed by atoms with van der Waals surface area (Å²) in [6.45, 7) is 2.59. The summed E-state index contributed by atoms with van der Waals surface area (Å²) in [6.07, 6.45) is 3.06. The molecule has 0 aliphatic carbocycles. The third-order valence-electron chi connectivity index (χ3n) is 3.87. The lowest BCUT2D eigenvalue weighted by Crippen LogP contribution is -2.15. The van der Waals surface area contributed by atoms with Crippen LogP contribution < -0.4 is 10.6 Å². The monoisotopic (exact) mass is 382 g/mol. The van der Waals surface area contributed by atoms with Crippen molar-refractivity contribution in [2.75, 3.05) is 10.6 Å². The quantitative estimate of drug-likeness (QED) is 0.596. The normalized spacial score (nSPS) is 10.5. The first-order valence-electron chi connectivity index (χ1n) is 8.40. The molecule has 0 radical (unpaired) electrons. The van der Waals surface area contributed by atoms with Gasteiger partial charge in [0.1, 0.15) is 0 Å². The molecule has 3 aromatic rings. The van der Waals surface area contributed by atoms with E-state index in [-0.39, 0.29) is 17.2 Å². The first-order valence-corrected chi connectivity index (χ1v) is 8.40. The van der Waals surface area contributed by atoms with Gasteiger partial charge in [-0.25, -0.2) is 4.79 Å². The Morgan fingerprint density at radius 2 is 1.61 bits per heavy atom. The third kappa shape index (κ3) is 4.06. The van der Waals surface area contributed by atoms with Crippen LogP contribution in [0.3, 0.4) is 0 Å². The average molecular weight is 382 g/mol. The largest absolute Gasteiger partial charge is 0.476 e. The van der Waals surface area contributed by atoms with Gasteiger partial charge < -0.3 is 15.7 Å². The zero-order valence-electron chi connectivity index (χ0n) is 15.2. The Bertz CT molecular complexity index is 1030. The lowest BCUT2D eigenvalue weighted by molar-refractivity contribution is 0.0685. The van der Waals surface area contributed by atoms with E-state index < -0.39 is 11.9 Å². The Hall–Kier alpha value is -3.95. The van der Waals surface area contributed by atoms with E-state index in [1.165, 1.54) is 17.9 Å². The van der Waals surface area contributed by atoms with Crippen LogP contribution in [0.1, 0.15) is 38.3 Å². The highest BCUT2D eigenvalue weighted by molar-refractivity contribution is 6.10. The summed E-state index contributed by atoms with van der Waals surface area (Å²) in [5, 5.41) is 22.3. The van der Waals surface area contributed by atoms with Crippen molar-refractivity contribution in [2.24, 2.45) is 7.05 Å². The van der Waals surface area contributed by atoms with Crippen LogP contribution in [0.5, 0.6) is 0 Å². The number of aromatic carboxylic acids is 1. The first-order chi connectivity index (χ1) is 13.4. The molecule has 2 heterocycles. The molecule has 0 fully saturated rings. The number of hydrogen-bond acceptors (Lipinski definition) is 5. The zero-order chi connectivity index (χ0) is 20.3. The summed E-state index contributed by atoms with van der Waals surface area (Å²) in [6, 6.07) is 8.04. The number of carboxylic acids is 1. The van der Waals surface area contributed by atoms with Crippen LogP contribution in [-0.2, 0) is 13.6 Å². The van der Waals surface area contributed by atoms with Gasteiger partial charge in [0, 0.05) is 37.4 Å². The van der Waals surface area contributed by atoms with Gasteiger partial charge in [0.15, 0.2) is 11.4 Å². The molecule has 0 aliphatic heterocycles. The van der Waals surface area contributed by atoms with Crippen molar-refractivity contribution in [3.8, 4) is 0 Å². The standard InChI is InChI=1S/C18H18N6O4/c1-3-24-9-8-14(21-24)17(26)20-12-6-4-11(5-7-12)19-16(25)13-10-23(2)22-15(13)18(27)28/h4-10H,3H2,1-2H3,(H,19,25)(H,20,26)(H,27,28). The number of aryl methyl sites for hydroxylation is 2. The van der Waals surface area contributed by atoms with Gasteiger partial charge in [0.05, 0.1) is 5.56 Å². The van der Waals surface area contributed by atoms with E-state index >= 15 is 0 Å². The molecule has 2 aromatic heterocycles. The van der Waals surface area contributed by atoms with Gasteiger partial charge in [-0.15, -0.1) is 0 Å². The summed E-state index contributed by atoms with van der Waals surface area (Å²) in [4.78, 5) is 35.7. The average Bonchev–Trinajstić information content (AvgIpc) is 3.30. The predicted octanol–water partition coefficient (Wildman–Crippen LogP) is 1.84. The van der Waals surface area contributed by atoms with Gasteiger partial charge >= 0.3 is 5.97 Å². The molecule has 28 heavy (non-hydrogen) atoms. The number of carboxylic acid groups (broad SMARTS) is 1. The number of carbonyl (C=O) groups excluding carboxylic acids is 2. The number of nitrogens with one attached hydrogen (secondary N) is 2. The zero-order valence-corrected chi connectivity index (χ0v) is 15.2. The molecule has 2 amide bonds. The second-order valence-electron chi connectivity index (χ2n) is 5.91. The molecule has 3 rings (SSSR count). The summed E-state index contributed by atoms with van der Waals surface area (Å²) in [5.41, 5.74) is 0.909. The molecule has 0 spiro atoms. The number of hydrogen-bond donors (Lipinski definition) is 3. The summed E-state index contributed by atoms with van der Waals surface area (Å²) in [7, 11) is 1.53. The van der Waals surface area contributed by atoms with Gasteiger partial charge in [-0.3, -0.25) is 19.0 Å². The van der Waals surface area contributed by atoms with Crippen molar-refractivity contribution in [2.45, 2.75) is 13.5 Å². The minimum atomic E-state index is -1.28. The Kier molecular flexibility index (Phi) is 5.21. The smallest absolute Gasteiger partial charge is 0.357 e. The summed E-state index contributed by atoms with van der Waals surface area (Å²) in [5.74, 6) is -2.22. The first kappa shape index (κ1) is 18.8. The second-order valence-corrected chi connectivity index (χ2v) is 5.91. The molecular formula is C18H18N6O4. The highest BCUT2D eigenvalue weighted by Crippen LogP contribution is 2.16. The molecule has 144 valence electrons. The van der Waals surface area contributed by atoms with Crippen LogP contribution in [0.25, 0.3) is 0 Å². The summed E-state index contributed by atoms with van der Waals surface area (Å²) < 4.78 is 2.91. The van der Waals surface area contributed by atoms with Crippen molar-refractivity contribution in [1.82, 2.24) is 19.6 Å². The van der Waals surface area contributed by atoms with Crippen molar-refractivity contribution in [3.63, 3.8) is 0 Å². The number of anilines is 2. The number of nitrogens with zero attached hydrogens (tertiary/aromatic N) is 4. The second kappa shape index (κ2) is 7.74. The van der Waals surface area contributed by atoms with E-state index in [2.05, 4.69) is 20.8 Å². The van der Waals surface area contributed by atoms with E-state index in [4.69, 9.17) is 5.11 Å². The summed E-state index contributed by atoms with van der Waals surface area (Å²) >= 11 is 0. The fourth-order valence-electron chi connectivity index (χ4n) is 2.50. The molecule has 0 atom stereocenters. The number of benzene rings is 1. The fourth-order valence-corrected chi connectivity index (χ4v) is 2.50. The molecule has 0 saturated heterocycles. The van der Waals surface area contributed by atoms with E-state index in [0.717, 1.165) is 0 Å². The molecule has 10 heteroatoms. The van der Waals surface area contributed by atoms with Crippen molar-refractivity contribution in [3.05, 3.63) is 59.7 Å². The molecular weight excluding hydrogens is 364 g/mol. The number of rotatable bonds is 6. The minimum Gasteiger partial charge on any atom is -0.476 e. The van der Waals surface area contributed by atoms with Gasteiger partial charge in [-0.2, -0.15) is 10.2 Å². The molecule has 0 aliphatic rings. The maximum absolute atomic E-state index is 12.3. The maximum Gasteiger partial charge on any atom is 0.357 e. The van der Waals surface area contributed by atoms with Crippen molar-refractivity contribution in [1.29, 1.82) is 0 Å². The molecule has 0 saturated carbocycles. The van der Waals surface area contributed by atoms with Crippen LogP contribution in [0.2, 0.25) is 0 Å². The van der Waals surface area contributed by atoms with Crippen molar-refractivity contribution >= 4 is 29.2 Å². The van der Waals surface area contributed by atoms with Crippen LogP contribution >= 0.6 is 0 Å². The SMILES string of the molecule is CCn1ccc(C(=O)Nc2ccc(NC(=O)c3cn(C)nc3C(=O)O)cc2)n1. The number of aromatic nitrogens is 4. The van der Waals surface area contributed by atoms with Gasteiger partial charge in [0.25, 0.3) is 11.8 Å². The van der Waals surface area contributed by atoms with Gasteiger partial charge in [-0.05, 0) is 37.3 Å². The molecule has 3 N–H and O–H groups in total. The maximum atomic E-state index is 12.3. The fraction of sp³-hybridized carbons (Fsp3) is 0.167. The number of carbonyl (C=O) groups is 3. The van der Waals surface area contributed by atoms with Gasteiger partial charge in [-0.1, -0.05) is 0 Å².